The van der Waals surface area contributed by atoms with E-state index in [2.05, 4.69) is 15.2 Å². The molecule has 17 heavy (non-hydrogen) atoms. The van der Waals surface area contributed by atoms with Crippen molar-refractivity contribution in [3.8, 4) is 0 Å². The van der Waals surface area contributed by atoms with E-state index < -0.39 is 0 Å². The number of hydrogen-bond donors (Lipinski definition) is 1. The molecular formula is C14H23N3. The van der Waals surface area contributed by atoms with E-state index in [0.29, 0.717) is 0 Å². The zero-order valence-electron chi connectivity index (χ0n) is 10.6. The lowest BCUT2D eigenvalue weighted by Crippen LogP contribution is -2.30. The average molecular weight is 233 g/mol. The van der Waals surface area contributed by atoms with Gasteiger partial charge in [0.2, 0.25) is 0 Å². The van der Waals surface area contributed by atoms with Crippen LogP contribution >= 0.6 is 0 Å². The molecule has 3 nitrogen and oxygen atoms in total. The van der Waals surface area contributed by atoms with Crippen LogP contribution in [0.25, 0.3) is 0 Å². The standard InChI is InChI=1S/C14H23N3/c1-5-11-17(12-6-1)13-7-4-10-16-14-8-2-3-9-15-14/h2-3,8-9H,1,4-7,10-13H2,(H,15,16). The van der Waals surface area contributed by atoms with Crippen LogP contribution < -0.4 is 5.32 Å². The molecule has 2 heterocycles. The van der Waals surface area contributed by atoms with E-state index in [9.17, 15) is 0 Å². The van der Waals surface area contributed by atoms with E-state index in [1.54, 1.807) is 0 Å². The molecule has 0 unspecified atom stereocenters. The van der Waals surface area contributed by atoms with Gasteiger partial charge < -0.3 is 10.2 Å². The molecule has 1 aliphatic heterocycles. The molecule has 0 aliphatic carbocycles. The molecule has 1 N–H and O–H groups in total. The molecule has 3 heteroatoms. The van der Waals surface area contributed by atoms with Gasteiger partial charge in [0.25, 0.3) is 0 Å². The highest BCUT2D eigenvalue weighted by molar-refractivity contribution is 5.32. The Bertz CT molecular complexity index is 294. The van der Waals surface area contributed by atoms with E-state index in [4.69, 9.17) is 0 Å². The van der Waals surface area contributed by atoms with Gasteiger partial charge >= 0.3 is 0 Å². The second kappa shape index (κ2) is 7.28. The van der Waals surface area contributed by atoms with Crippen molar-refractivity contribution in [1.82, 2.24) is 9.88 Å². The second-order valence-electron chi connectivity index (χ2n) is 4.75. The molecule has 1 aliphatic rings. The van der Waals surface area contributed by atoms with Crippen molar-refractivity contribution in [3.63, 3.8) is 0 Å². The van der Waals surface area contributed by atoms with E-state index in [1.807, 2.05) is 24.4 Å². The topological polar surface area (TPSA) is 28.2 Å². The molecule has 1 fully saturated rings. The Kier molecular flexibility index (Phi) is 5.30. The van der Waals surface area contributed by atoms with Gasteiger partial charge in [-0.1, -0.05) is 12.5 Å². The molecule has 0 amide bonds. The fourth-order valence-corrected chi connectivity index (χ4v) is 2.33. The van der Waals surface area contributed by atoms with E-state index >= 15 is 0 Å². The van der Waals surface area contributed by atoms with Crippen molar-refractivity contribution in [2.24, 2.45) is 0 Å². The Morgan fingerprint density at radius 3 is 2.76 bits per heavy atom. The first-order valence-electron chi connectivity index (χ1n) is 6.82. The number of anilines is 1. The highest BCUT2D eigenvalue weighted by Crippen LogP contribution is 2.09. The quantitative estimate of drug-likeness (QED) is 0.766. The number of pyridine rings is 1. The van der Waals surface area contributed by atoms with Crippen LogP contribution in [-0.2, 0) is 0 Å². The van der Waals surface area contributed by atoms with Gasteiger partial charge in [0, 0.05) is 12.7 Å². The van der Waals surface area contributed by atoms with Crippen LogP contribution in [0.5, 0.6) is 0 Å². The number of rotatable bonds is 6. The molecule has 0 bridgehead atoms. The second-order valence-corrected chi connectivity index (χ2v) is 4.75. The van der Waals surface area contributed by atoms with Gasteiger partial charge in [0.15, 0.2) is 0 Å². The molecule has 94 valence electrons. The molecule has 2 rings (SSSR count). The van der Waals surface area contributed by atoms with Crippen molar-refractivity contribution >= 4 is 5.82 Å². The Morgan fingerprint density at radius 1 is 1.12 bits per heavy atom. The van der Waals surface area contributed by atoms with Gasteiger partial charge in [-0.15, -0.1) is 0 Å². The van der Waals surface area contributed by atoms with Crippen molar-refractivity contribution in [1.29, 1.82) is 0 Å². The van der Waals surface area contributed by atoms with Crippen LogP contribution in [0.2, 0.25) is 0 Å². The first kappa shape index (κ1) is 12.4. The summed E-state index contributed by atoms with van der Waals surface area (Å²) in [7, 11) is 0. The summed E-state index contributed by atoms with van der Waals surface area (Å²) in [5.74, 6) is 0.991. The van der Waals surface area contributed by atoms with Gasteiger partial charge in [-0.25, -0.2) is 4.98 Å². The summed E-state index contributed by atoms with van der Waals surface area (Å²) in [6.07, 6.45) is 8.57. The summed E-state index contributed by atoms with van der Waals surface area (Å²) in [6, 6.07) is 5.98. The lowest BCUT2D eigenvalue weighted by atomic mass is 10.1. The highest BCUT2D eigenvalue weighted by Gasteiger charge is 2.08. The summed E-state index contributed by atoms with van der Waals surface area (Å²) >= 11 is 0. The smallest absolute Gasteiger partial charge is 0.125 e. The zero-order chi connectivity index (χ0) is 11.8. The third-order valence-corrected chi connectivity index (χ3v) is 3.32. The number of piperidine rings is 1. The Labute approximate surface area is 104 Å². The van der Waals surface area contributed by atoms with Crippen LogP contribution in [0.15, 0.2) is 24.4 Å². The highest BCUT2D eigenvalue weighted by atomic mass is 15.1. The van der Waals surface area contributed by atoms with Crippen molar-refractivity contribution in [2.45, 2.75) is 32.1 Å². The minimum absolute atomic E-state index is 0.991. The maximum Gasteiger partial charge on any atom is 0.125 e. The van der Waals surface area contributed by atoms with Gasteiger partial charge in [-0.3, -0.25) is 0 Å². The van der Waals surface area contributed by atoms with Gasteiger partial charge in [0.05, 0.1) is 0 Å². The predicted octanol–water partition coefficient (Wildman–Crippen LogP) is 2.76. The summed E-state index contributed by atoms with van der Waals surface area (Å²) in [5.41, 5.74) is 0. The van der Waals surface area contributed by atoms with E-state index in [1.165, 1.54) is 51.7 Å². The lowest BCUT2D eigenvalue weighted by molar-refractivity contribution is 0.225. The molecule has 1 saturated heterocycles. The number of unbranched alkanes of at least 4 members (excludes halogenated alkanes) is 1. The fraction of sp³-hybridized carbons (Fsp3) is 0.643. The van der Waals surface area contributed by atoms with Crippen molar-refractivity contribution in [3.05, 3.63) is 24.4 Å². The van der Waals surface area contributed by atoms with Crippen LogP contribution in [0, 0.1) is 0 Å². The Morgan fingerprint density at radius 2 is 2.00 bits per heavy atom. The molecule has 0 aromatic carbocycles. The number of nitrogens with zero attached hydrogens (tertiary/aromatic N) is 2. The van der Waals surface area contributed by atoms with Crippen LogP contribution in [0.4, 0.5) is 5.82 Å². The van der Waals surface area contributed by atoms with Gasteiger partial charge in [0.1, 0.15) is 5.82 Å². The minimum atomic E-state index is 0.991. The summed E-state index contributed by atoms with van der Waals surface area (Å²) in [5, 5.41) is 3.35. The van der Waals surface area contributed by atoms with E-state index in [-0.39, 0.29) is 0 Å². The van der Waals surface area contributed by atoms with Crippen molar-refractivity contribution in [2.75, 3.05) is 31.5 Å². The van der Waals surface area contributed by atoms with Crippen LogP contribution in [0.3, 0.4) is 0 Å². The molecule has 1 aromatic rings. The third kappa shape index (κ3) is 4.73. The lowest BCUT2D eigenvalue weighted by Gasteiger charge is -2.26. The van der Waals surface area contributed by atoms with Crippen molar-refractivity contribution < 1.29 is 0 Å². The summed E-state index contributed by atoms with van der Waals surface area (Å²) < 4.78 is 0. The van der Waals surface area contributed by atoms with E-state index in [0.717, 1.165) is 12.4 Å². The fourth-order valence-electron chi connectivity index (χ4n) is 2.33. The Balaban J connectivity index is 1.51. The molecule has 0 saturated carbocycles. The largest absolute Gasteiger partial charge is 0.370 e. The average Bonchev–Trinajstić information content (AvgIpc) is 2.41. The van der Waals surface area contributed by atoms with Crippen LogP contribution in [-0.4, -0.2) is 36.1 Å². The third-order valence-electron chi connectivity index (χ3n) is 3.32. The number of hydrogen-bond acceptors (Lipinski definition) is 3. The number of aromatic nitrogens is 1. The maximum absolute atomic E-state index is 4.24. The first-order valence-corrected chi connectivity index (χ1v) is 6.82. The SMILES string of the molecule is c1ccc(NCCCCN2CCCCC2)nc1. The monoisotopic (exact) mass is 233 g/mol. The minimum Gasteiger partial charge on any atom is -0.370 e. The van der Waals surface area contributed by atoms with Gasteiger partial charge in [-0.05, 0) is 57.5 Å². The first-order chi connectivity index (χ1) is 8.45. The molecular weight excluding hydrogens is 210 g/mol. The number of nitrogens with one attached hydrogen (secondary N) is 1. The molecule has 0 spiro atoms. The zero-order valence-corrected chi connectivity index (χ0v) is 10.6. The molecule has 1 aromatic heterocycles. The summed E-state index contributed by atoms with van der Waals surface area (Å²) in [6.45, 7) is 4.93. The summed E-state index contributed by atoms with van der Waals surface area (Å²) in [4.78, 5) is 6.85. The number of likely N-dealkylation sites (tertiary alicyclic amines) is 1. The maximum atomic E-state index is 4.24. The Hall–Kier alpha value is -1.09. The molecule has 0 radical (unpaired) electrons. The molecule has 0 atom stereocenters. The normalized spacial score (nSPS) is 16.9. The van der Waals surface area contributed by atoms with Gasteiger partial charge in [-0.2, -0.15) is 0 Å². The van der Waals surface area contributed by atoms with Crippen LogP contribution in [0.1, 0.15) is 32.1 Å². The predicted molar refractivity (Wildman–Crippen MR) is 72.3 cm³/mol.